The van der Waals surface area contributed by atoms with Gasteiger partial charge in [0.25, 0.3) is 0 Å². The first-order valence-electron chi connectivity index (χ1n) is 6.94. The number of alkyl halides is 2. The molecule has 0 aromatic heterocycles. The first kappa shape index (κ1) is 14.9. The van der Waals surface area contributed by atoms with Gasteiger partial charge in [-0.15, -0.1) is 0 Å². The van der Waals surface area contributed by atoms with Crippen LogP contribution in [-0.2, 0) is 4.79 Å². The maximum atomic E-state index is 13.0. The minimum atomic E-state index is -2.60. The molecule has 1 aliphatic rings. The first-order valence-corrected chi connectivity index (χ1v) is 6.94. The van der Waals surface area contributed by atoms with Crippen molar-refractivity contribution in [3.8, 4) is 0 Å². The van der Waals surface area contributed by atoms with Crippen LogP contribution in [0.25, 0.3) is 0 Å². The molecule has 0 bridgehead atoms. The van der Waals surface area contributed by atoms with Crippen molar-refractivity contribution in [1.29, 1.82) is 0 Å². The fourth-order valence-electron chi connectivity index (χ4n) is 2.48. The third-order valence-electron chi connectivity index (χ3n) is 3.81. The predicted octanol–water partition coefficient (Wildman–Crippen LogP) is 2.63. The lowest BCUT2D eigenvalue weighted by molar-refractivity contribution is -0.129. The molecule has 5 heteroatoms. The van der Waals surface area contributed by atoms with Gasteiger partial charge < -0.3 is 11.1 Å². The van der Waals surface area contributed by atoms with E-state index in [2.05, 4.69) is 5.32 Å². The summed E-state index contributed by atoms with van der Waals surface area (Å²) in [6.07, 6.45) is 0.102. The minimum Gasteiger partial charge on any atom is -0.354 e. The van der Waals surface area contributed by atoms with Gasteiger partial charge in [0.2, 0.25) is 11.8 Å². The number of halogens is 2. The molecule has 0 saturated heterocycles. The summed E-state index contributed by atoms with van der Waals surface area (Å²) < 4.78 is 26.0. The van der Waals surface area contributed by atoms with Gasteiger partial charge in [-0.2, -0.15) is 0 Å². The summed E-state index contributed by atoms with van der Waals surface area (Å²) in [5, 5.41) is 2.77. The molecule has 0 spiro atoms. The lowest BCUT2D eigenvalue weighted by Gasteiger charge is -2.27. The highest BCUT2D eigenvalue weighted by atomic mass is 19.3. The van der Waals surface area contributed by atoms with E-state index >= 15 is 0 Å². The Hall–Kier alpha value is -1.49. The minimum absolute atomic E-state index is 0.160. The van der Waals surface area contributed by atoms with Crippen molar-refractivity contribution in [2.45, 2.75) is 37.6 Å². The molecular weight excluding hydrogens is 262 g/mol. The fraction of sp³-hybridized carbons (Fsp3) is 0.533. The van der Waals surface area contributed by atoms with E-state index in [1.807, 2.05) is 30.3 Å². The average Bonchev–Trinajstić information content (AvgIpc) is 2.45. The molecule has 1 aromatic carbocycles. The second-order valence-electron chi connectivity index (χ2n) is 5.39. The number of amides is 1. The predicted molar refractivity (Wildman–Crippen MR) is 73.3 cm³/mol. The Morgan fingerprint density at radius 1 is 1.30 bits per heavy atom. The maximum absolute atomic E-state index is 13.0. The van der Waals surface area contributed by atoms with Crippen molar-refractivity contribution in [3.05, 3.63) is 35.9 Å². The SMILES string of the molecule is NC(CNC(=O)C1CCC(F)(F)CC1)c1ccccc1. The third kappa shape index (κ3) is 4.00. The number of nitrogens with two attached hydrogens (primary N) is 1. The van der Waals surface area contributed by atoms with Crippen LogP contribution in [0.3, 0.4) is 0 Å². The molecule has 1 fully saturated rings. The van der Waals surface area contributed by atoms with Gasteiger partial charge in [-0.05, 0) is 18.4 Å². The molecule has 0 aliphatic heterocycles. The smallest absolute Gasteiger partial charge is 0.248 e. The van der Waals surface area contributed by atoms with Gasteiger partial charge in [0.1, 0.15) is 0 Å². The van der Waals surface area contributed by atoms with E-state index in [0.29, 0.717) is 6.54 Å². The molecule has 3 N–H and O–H groups in total. The van der Waals surface area contributed by atoms with E-state index in [1.165, 1.54) is 0 Å². The van der Waals surface area contributed by atoms with Crippen molar-refractivity contribution in [1.82, 2.24) is 5.32 Å². The van der Waals surface area contributed by atoms with Gasteiger partial charge in [-0.25, -0.2) is 8.78 Å². The van der Waals surface area contributed by atoms with Crippen LogP contribution in [0.15, 0.2) is 30.3 Å². The quantitative estimate of drug-likeness (QED) is 0.892. The molecule has 1 atom stereocenters. The van der Waals surface area contributed by atoms with Crippen LogP contribution in [0.2, 0.25) is 0 Å². The van der Waals surface area contributed by atoms with Crippen molar-refractivity contribution in [2.75, 3.05) is 6.54 Å². The number of hydrogen-bond donors (Lipinski definition) is 2. The first-order chi connectivity index (χ1) is 9.48. The topological polar surface area (TPSA) is 55.1 Å². The van der Waals surface area contributed by atoms with Crippen molar-refractivity contribution in [3.63, 3.8) is 0 Å². The molecular formula is C15H20F2N2O. The van der Waals surface area contributed by atoms with E-state index in [1.54, 1.807) is 0 Å². The number of hydrogen-bond acceptors (Lipinski definition) is 2. The summed E-state index contributed by atoms with van der Waals surface area (Å²) in [4.78, 5) is 11.9. The van der Waals surface area contributed by atoms with Crippen LogP contribution in [0.5, 0.6) is 0 Å². The molecule has 1 saturated carbocycles. The fourth-order valence-corrected chi connectivity index (χ4v) is 2.48. The highest BCUT2D eigenvalue weighted by Crippen LogP contribution is 2.36. The normalized spacial score (nSPS) is 20.4. The second kappa shape index (κ2) is 6.31. The Labute approximate surface area is 117 Å². The average molecular weight is 282 g/mol. The molecule has 110 valence electrons. The van der Waals surface area contributed by atoms with Crippen LogP contribution in [-0.4, -0.2) is 18.4 Å². The second-order valence-corrected chi connectivity index (χ2v) is 5.39. The molecule has 1 aliphatic carbocycles. The Bertz CT molecular complexity index is 440. The summed E-state index contributed by atoms with van der Waals surface area (Å²) in [5.74, 6) is -3.07. The van der Waals surface area contributed by atoms with E-state index in [-0.39, 0.29) is 43.6 Å². The standard InChI is InChI=1S/C15H20F2N2O/c16-15(17)8-6-12(7-9-15)14(20)19-10-13(18)11-4-2-1-3-5-11/h1-5,12-13H,6-10,18H2,(H,19,20). The Kier molecular flexibility index (Phi) is 4.70. The Morgan fingerprint density at radius 2 is 1.90 bits per heavy atom. The zero-order valence-corrected chi connectivity index (χ0v) is 11.3. The molecule has 3 nitrogen and oxygen atoms in total. The number of benzene rings is 1. The highest BCUT2D eigenvalue weighted by molar-refractivity contribution is 5.78. The van der Waals surface area contributed by atoms with E-state index in [4.69, 9.17) is 5.73 Å². The van der Waals surface area contributed by atoms with Crippen LogP contribution in [0, 0.1) is 5.92 Å². The van der Waals surface area contributed by atoms with Crippen LogP contribution < -0.4 is 11.1 Å². The Morgan fingerprint density at radius 3 is 2.50 bits per heavy atom. The summed E-state index contributed by atoms with van der Waals surface area (Å²) in [7, 11) is 0. The molecule has 0 heterocycles. The summed E-state index contributed by atoms with van der Waals surface area (Å²) in [6, 6.07) is 9.21. The number of rotatable bonds is 4. The van der Waals surface area contributed by atoms with E-state index in [0.717, 1.165) is 5.56 Å². The van der Waals surface area contributed by atoms with Gasteiger partial charge in [0, 0.05) is 31.3 Å². The van der Waals surface area contributed by atoms with Gasteiger partial charge >= 0.3 is 0 Å². The van der Waals surface area contributed by atoms with Crippen LogP contribution >= 0.6 is 0 Å². The lowest BCUT2D eigenvalue weighted by atomic mass is 9.86. The zero-order valence-electron chi connectivity index (χ0n) is 11.3. The zero-order chi connectivity index (χ0) is 14.6. The van der Waals surface area contributed by atoms with Crippen molar-refractivity contribution >= 4 is 5.91 Å². The number of carbonyl (C=O) groups excluding carboxylic acids is 1. The number of nitrogens with one attached hydrogen (secondary N) is 1. The third-order valence-corrected chi connectivity index (χ3v) is 3.81. The van der Waals surface area contributed by atoms with E-state index in [9.17, 15) is 13.6 Å². The van der Waals surface area contributed by atoms with Crippen LogP contribution in [0.1, 0.15) is 37.3 Å². The lowest BCUT2D eigenvalue weighted by Crippen LogP contribution is -2.39. The summed E-state index contributed by atoms with van der Waals surface area (Å²) in [6.45, 7) is 0.329. The largest absolute Gasteiger partial charge is 0.354 e. The van der Waals surface area contributed by atoms with Gasteiger partial charge in [-0.1, -0.05) is 30.3 Å². The van der Waals surface area contributed by atoms with Gasteiger partial charge in [-0.3, -0.25) is 4.79 Å². The molecule has 1 aromatic rings. The summed E-state index contributed by atoms with van der Waals surface area (Å²) >= 11 is 0. The molecule has 1 amide bonds. The van der Waals surface area contributed by atoms with Gasteiger partial charge in [0.15, 0.2) is 0 Å². The molecule has 20 heavy (non-hydrogen) atoms. The van der Waals surface area contributed by atoms with Gasteiger partial charge in [0.05, 0.1) is 0 Å². The Balaban J connectivity index is 1.78. The van der Waals surface area contributed by atoms with E-state index < -0.39 is 5.92 Å². The van der Waals surface area contributed by atoms with Crippen LogP contribution in [0.4, 0.5) is 8.78 Å². The molecule has 2 rings (SSSR count). The number of carbonyl (C=O) groups is 1. The van der Waals surface area contributed by atoms with Crippen molar-refractivity contribution < 1.29 is 13.6 Å². The summed E-state index contributed by atoms with van der Waals surface area (Å²) in [5.41, 5.74) is 6.93. The monoisotopic (exact) mass is 282 g/mol. The molecule has 0 radical (unpaired) electrons. The highest BCUT2D eigenvalue weighted by Gasteiger charge is 2.37. The van der Waals surface area contributed by atoms with Crippen molar-refractivity contribution in [2.24, 2.45) is 11.7 Å². The maximum Gasteiger partial charge on any atom is 0.248 e. The molecule has 1 unspecified atom stereocenters.